The molecule has 2 atom stereocenters. The zero-order chi connectivity index (χ0) is 52.1. The maximum absolute atomic E-state index is 12.2. The van der Waals surface area contributed by atoms with E-state index in [9.17, 15) is 31.2 Å². The highest BCUT2D eigenvalue weighted by atomic mass is 16.5. The van der Waals surface area contributed by atoms with Crippen molar-refractivity contribution >= 4 is 17.8 Å². The third-order valence-corrected chi connectivity index (χ3v) is 17.7. The molecule has 2 spiro atoms. The number of hydrogen-bond acceptors (Lipinski definition) is 18. The Balaban J connectivity index is 1.37. The number of anilines is 3. The fourth-order valence-corrected chi connectivity index (χ4v) is 16.4. The van der Waals surface area contributed by atoms with E-state index in [1.807, 2.05) is 55.4 Å². The zero-order valence-corrected chi connectivity index (χ0v) is 46.5. The SMILES string of the molecule is CC1(C)CC(N(c2nc(NC3CC(C)(C)N(O)C4(C3)CC(C)(C)N(O)C(C)(C)C4)nc(NC3CC(C)(C)N(O)C4(C3)CC(C)(C)N(O)C(C)(C)C4)n2)C2CC(C)(C)N(O)C(C)(C)C2)CC(C)(C)N1O. The minimum Gasteiger partial charge on any atom is -0.351 e. The van der Waals surface area contributed by atoms with E-state index in [1.54, 1.807) is 10.1 Å². The summed E-state index contributed by atoms with van der Waals surface area (Å²) in [5.41, 5.74) is -7.47. The molecule has 6 fully saturated rings. The Bertz CT molecular complexity index is 1860. The first-order valence-electron chi connectivity index (χ1n) is 26.0. The highest BCUT2D eigenvalue weighted by molar-refractivity contribution is 5.48. The molecule has 8 N–H and O–H groups in total. The minimum atomic E-state index is -0.677. The van der Waals surface area contributed by atoms with Crippen LogP contribution in [0.4, 0.5) is 17.8 Å². The molecular weight excluding hydrogens is 877 g/mol. The highest BCUT2D eigenvalue weighted by Crippen LogP contribution is 2.54. The molecule has 1 aromatic rings. The van der Waals surface area contributed by atoms with Crippen molar-refractivity contribution in [1.82, 2.24) is 45.3 Å². The van der Waals surface area contributed by atoms with E-state index in [1.165, 1.54) is 20.3 Å². The van der Waals surface area contributed by atoms with Gasteiger partial charge in [0, 0.05) is 79.6 Å². The van der Waals surface area contributed by atoms with Crippen LogP contribution in [0.3, 0.4) is 0 Å². The molecule has 1 aromatic heterocycles. The second kappa shape index (κ2) is 16.7. The summed E-state index contributed by atoms with van der Waals surface area (Å²) in [4.78, 5) is 18.5. The van der Waals surface area contributed by atoms with E-state index < -0.39 is 66.5 Å². The van der Waals surface area contributed by atoms with Gasteiger partial charge in [-0.05, 0) is 216 Å². The Morgan fingerprint density at radius 2 is 0.594 bits per heavy atom. The number of nitrogens with one attached hydrogen (secondary N) is 2. The summed E-state index contributed by atoms with van der Waals surface area (Å²) >= 11 is 0. The smallest absolute Gasteiger partial charge is 0.232 e. The molecule has 0 aliphatic carbocycles. The molecule has 0 saturated carbocycles. The van der Waals surface area contributed by atoms with E-state index in [0.29, 0.717) is 94.9 Å². The predicted octanol–water partition coefficient (Wildman–Crippen LogP) is 9.15. The van der Waals surface area contributed by atoms with Crippen LogP contribution in [-0.4, -0.2) is 167 Å². The van der Waals surface area contributed by atoms with Crippen LogP contribution in [0.25, 0.3) is 0 Å². The molecule has 396 valence electrons. The van der Waals surface area contributed by atoms with Gasteiger partial charge in [0.2, 0.25) is 17.8 Å². The van der Waals surface area contributed by atoms with Gasteiger partial charge in [-0.2, -0.15) is 45.3 Å². The molecule has 7 rings (SSSR count). The fourth-order valence-electron chi connectivity index (χ4n) is 16.4. The lowest BCUT2D eigenvalue weighted by Gasteiger charge is -2.63. The fraction of sp³-hybridized carbons (Fsp3) is 0.941. The molecular formula is C51H96N12O6. The molecule has 0 radical (unpaired) electrons. The number of nitrogens with zero attached hydrogens (tertiary/aromatic N) is 10. The molecule has 18 heteroatoms. The van der Waals surface area contributed by atoms with Crippen molar-refractivity contribution in [2.24, 2.45) is 0 Å². The summed E-state index contributed by atoms with van der Waals surface area (Å²) in [6.07, 6.45) is 7.00. The summed E-state index contributed by atoms with van der Waals surface area (Å²) in [5.74, 6) is 1.33. The van der Waals surface area contributed by atoms with Crippen LogP contribution in [0.5, 0.6) is 0 Å². The van der Waals surface area contributed by atoms with Crippen molar-refractivity contribution in [1.29, 1.82) is 0 Å². The monoisotopic (exact) mass is 973 g/mol. The Kier molecular flexibility index (Phi) is 13.3. The van der Waals surface area contributed by atoms with Gasteiger partial charge < -0.3 is 46.8 Å². The van der Waals surface area contributed by atoms with Crippen molar-refractivity contribution in [3.8, 4) is 0 Å². The van der Waals surface area contributed by atoms with Crippen molar-refractivity contribution in [2.45, 2.75) is 306 Å². The first kappa shape index (κ1) is 54.7. The normalized spacial score (nSPS) is 33.0. The molecule has 0 bridgehead atoms. The molecule has 18 nitrogen and oxygen atoms in total. The first-order valence-corrected chi connectivity index (χ1v) is 26.0. The van der Waals surface area contributed by atoms with Crippen LogP contribution in [0.2, 0.25) is 0 Å². The second-order valence-electron chi connectivity index (χ2n) is 29.5. The summed E-state index contributed by atoms with van der Waals surface area (Å²) in [6, 6.07) is -0.556. The number of hydroxylamine groups is 12. The summed E-state index contributed by atoms with van der Waals surface area (Å²) in [7, 11) is 0. The lowest BCUT2D eigenvalue weighted by atomic mass is 9.63. The van der Waals surface area contributed by atoms with Gasteiger partial charge in [-0.25, -0.2) is 0 Å². The Morgan fingerprint density at radius 1 is 0.348 bits per heavy atom. The number of hydrogen-bond donors (Lipinski definition) is 8. The number of aromatic nitrogens is 3. The molecule has 0 aromatic carbocycles. The van der Waals surface area contributed by atoms with E-state index >= 15 is 0 Å². The van der Waals surface area contributed by atoms with Crippen molar-refractivity contribution in [2.75, 3.05) is 15.5 Å². The molecule has 2 unspecified atom stereocenters. The van der Waals surface area contributed by atoms with E-state index in [-0.39, 0.29) is 24.2 Å². The van der Waals surface area contributed by atoms with Crippen LogP contribution in [0.15, 0.2) is 0 Å². The first-order chi connectivity index (χ1) is 30.9. The lowest BCUT2D eigenvalue weighted by Crippen LogP contribution is -2.73. The largest absolute Gasteiger partial charge is 0.351 e. The molecule has 6 aliphatic heterocycles. The van der Waals surface area contributed by atoms with Crippen molar-refractivity contribution < 1.29 is 31.2 Å². The molecule has 0 amide bonds. The Morgan fingerprint density at radius 3 is 0.870 bits per heavy atom. The molecule has 6 saturated heterocycles. The Labute approximate surface area is 414 Å². The van der Waals surface area contributed by atoms with Crippen LogP contribution in [0, 0.1) is 0 Å². The molecule has 7 heterocycles. The quantitative estimate of drug-likeness (QED) is 0.128. The van der Waals surface area contributed by atoms with Gasteiger partial charge in [0.05, 0.1) is 11.1 Å². The van der Waals surface area contributed by atoms with Gasteiger partial charge >= 0.3 is 0 Å². The molecule has 69 heavy (non-hydrogen) atoms. The highest BCUT2D eigenvalue weighted by Gasteiger charge is 2.62. The minimum absolute atomic E-state index is 0.107. The van der Waals surface area contributed by atoms with E-state index in [4.69, 9.17) is 15.0 Å². The van der Waals surface area contributed by atoms with Gasteiger partial charge in [-0.3, -0.25) is 0 Å². The summed E-state index contributed by atoms with van der Waals surface area (Å²) in [6.45, 7) is 41.3. The van der Waals surface area contributed by atoms with E-state index in [0.717, 1.165) is 0 Å². The zero-order valence-electron chi connectivity index (χ0n) is 46.5. The van der Waals surface area contributed by atoms with Crippen LogP contribution >= 0.6 is 0 Å². The molecule has 6 aliphatic rings. The van der Waals surface area contributed by atoms with Crippen LogP contribution in [-0.2, 0) is 0 Å². The Hall–Kier alpha value is -2.07. The average Bonchev–Trinajstić information content (AvgIpc) is 3.14. The average molecular weight is 973 g/mol. The van der Waals surface area contributed by atoms with Gasteiger partial charge in [0.25, 0.3) is 0 Å². The summed E-state index contributed by atoms with van der Waals surface area (Å²) < 4.78 is 0. The third-order valence-electron chi connectivity index (χ3n) is 17.7. The number of rotatable bonds is 7. The van der Waals surface area contributed by atoms with Crippen molar-refractivity contribution in [3.05, 3.63) is 0 Å². The lowest BCUT2D eigenvalue weighted by molar-refractivity contribution is -0.323. The topological polar surface area (TPSA) is 207 Å². The summed E-state index contributed by atoms with van der Waals surface area (Å²) in [5, 5.41) is 87.3. The maximum Gasteiger partial charge on any atom is 0.232 e. The second-order valence-corrected chi connectivity index (χ2v) is 29.5. The van der Waals surface area contributed by atoms with Gasteiger partial charge in [0.1, 0.15) is 0 Å². The van der Waals surface area contributed by atoms with Gasteiger partial charge in [-0.15, -0.1) is 0 Å². The number of piperidine rings is 6. The van der Waals surface area contributed by atoms with Crippen LogP contribution < -0.4 is 15.5 Å². The maximum atomic E-state index is 12.2. The van der Waals surface area contributed by atoms with Gasteiger partial charge in [0.15, 0.2) is 0 Å². The van der Waals surface area contributed by atoms with Crippen molar-refractivity contribution in [3.63, 3.8) is 0 Å². The standard InChI is InChI=1S/C51H96N12O6/c1-40(2)21-33(23-50(62(40)68)29-46(13,14)60(66)47(15,16)30-50)52-37-54-38(53-34-22-41(3,4)63(69)51(24-34)31-48(17,18)61(67)49(19,20)32-51)56-39(55-37)57(35-25-42(5,6)58(64)43(7,8)26-35)36-27-44(9,10)59(65)45(11,12)28-36/h33-36,64-69H,21-32H2,1-20H3,(H2,52,53,54,55,56). The predicted molar refractivity (Wildman–Crippen MR) is 268 cm³/mol. The van der Waals surface area contributed by atoms with Crippen LogP contribution in [0.1, 0.15) is 216 Å². The van der Waals surface area contributed by atoms with E-state index in [2.05, 4.69) is 98.6 Å². The van der Waals surface area contributed by atoms with Gasteiger partial charge in [-0.1, -0.05) is 0 Å². The third kappa shape index (κ3) is 9.79.